The van der Waals surface area contributed by atoms with Crippen LogP contribution in [0.2, 0.25) is 5.02 Å². The Morgan fingerprint density at radius 1 is 1.37 bits per heavy atom. The van der Waals surface area contributed by atoms with Crippen LogP contribution in [-0.2, 0) is 17.8 Å². The number of hydrogen-bond donors (Lipinski definition) is 1. The van der Waals surface area contributed by atoms with Gasteiger partial charge >= 0.3 is 0 Å². The highest BCUT2D eigenvalue weighted by Crippen LogP contribution is 2.27. The molecule has 1 aromatic carbocycles. The van der Waals surface area contributed by atoms with E-state index >= 15 is 0 Å². The third-order valence-corrected chi connectivity index (χ3v) is 3.83. The lowest BCUT2D eigenvalue weighted by Crippen LogP contribution is -2.35. The monoisotopic (exact) mass is 289 g/mol. The maximum atomic E-state index is 14.0. The number of ether oxygens (including phenoxy) is 1. The van der Waals surface area contributed by atoms with E-state index in [9.17, 15) is 8.78 Å². The molecule has 19 heavy (non-hydrogen) atoms. The standard InChI is InChI=1S/C14H18ClF2NO/c1-19-8-11-12(15)7-9(13(16)14(11)17)6-10-4-2-3-5-18-10/h7,10,18H,2-6,8H2,1H3. The molecule has 0 amide bonds. The fourth-order valence-corrected chi connectivity index (χ4v) is 2.74. The molecule has 1 aliphatic heterocycles. The van der Waals surface area contributed by atoms with Crippen molar-refractivity contribution in [3.8, 4) is 0 Å². The Labute approximate surface area is 117 Å². The molecule has 2 nitrogen and oxygen atoms in total. The Balaban J connectivity index is 2.21. The van der Waals surface area contributed by atoms with Crippen LogP contribution >= 0.6 is 11.6 Å². The first-order valence-electron chi connectivity index (χ1n) is 6.51. The average Bonchev–Trinajstić information content (AvgIpc) is 2.42. The van der Waals surface area contributed by atoms with Crippen LogP contribution in [0.5, 0.6) is 0 Å². The molecule has 1 aromatic rings. The molecule has 106 valence electrons. The van der Waals surface area contributed by atoms with E-state index in [2.05, 4.69) is 5.32 Å². The summed E-state index contributed by atoms with van der Waals surface area (Å²) in [5.41, 5.74) is 0.420. The lowest BCUT2D eigenvalue weighted by atomic mass is 9.96. The summed E-state index contributed by atoms with van der Waals surface area (Å²) in [5.74, 6) is -1.69. The van der Waals surface area contributed by atoms with E-state index in [1.54, 1.807) is 0 Å². The first-order chi connectivity index (χ1) is 9.13. The van der Waals surface area contributed by atoms with Gasteiger partial charge in [0, 0.05) is 23.7 Å². The van der Waals surface area contributed by atoms with Gasteiger partial charge in [0.15, 0.2) is 11.6 Å². The number of piperidine rings is 1. The Bertz CT molecular complexity index is 448. The van der Waals surface area contributed by atoms with Crippen LogP contribution in [0.25, 0.3) is 0 Å². The quantitative estimate of drug-likeness (QED) is 0.857. The van der Waals surface area contributed by atoms with Crippen molar-refractivity contribution in [1.29, 1.82) is 0 Å². The van der Waals surface area contributed by atoms with Gasteiger partial charge in [-0.25, -0.2) is 8.78 Å². The van der Waals surface area contributed by atoms with Gasteiger partial charge < -0.3 is 10.1 Å². The molecule has 1 unspecified atom stereocenters. The molecule has 1 atom stereocenters. The molecule has 0 radical (unpaired) electrons. The summed E-state index contributed by atoms with van der Waals surface area (Å²) in [6.07, 6.45) is 3.71. The van der Waals surface area contributed by atoms with Gasteiger partial charge in [-0.3, -0.25) is 0 Å². The normalized spacial score (nSPS) is 19.7. The minimum atomic E-state index is -0.889. The lowest BCUT2D eigenvalue weighted by Gasteiger charge is -2.24. The molecule has 1 aliphatic rings. The zero-order chi connectivity index (χ0) is 13.8. The summed E-state index contributed by atoms with van der Waals surface area (Å²) in [6, 6.07) is 1.72. The molecular formula is C14H18ClF2NO. The number of rotatable bonds is 4. The number of halogens is 3. The number of hydrogen-bond acceptors (Lipinski definition) is 2. The van der Waals surface area contributed by atoms with E-state index in [1.165, 1.54) is 13.2 Å². The highest BCUT2D eigenvalue weighted by molar-refractivity contribution is 6.31. The molecule has 1 N–H and O–H groups in total. The van der Waals surface area contributed by atoms with Crippen LogP contribution in [0.3, 0.4) is 0 Å². The highest BCUT2D eigenvalue weighted by atomic mass is 35.5. The molecule has 1 heterocycles. The lowest BCUT2D eigenvalue weighted by molar-refractivity contribution is 0.180. The van der Waals surface area contributed by atoms with Gasteiger partial charge in [0.05, 0.1) is 6.61 Å². The highest BCUT2D eigenvalue weighted by Gasteiger charge is 2.21. The Kier molecular flexibility index (Phi) is 5.13. The van der Waals surface area contributed by atoms with Crippen molar-refractivity contribution in [1.82, 2.24) is 5.32 Å². The van der Waals surface area contributed by atoms with Crippen LogP contribution in [-0.4, -0.2) is 19.7 Å². The third-order valence-electron chi connectivity index (χ3n) is 3.50. The van der Waals surface area contributed by atoms with Gasteiger partial charge in [-0.2, -0.15) is 0 Å². The third kappa shape index (κ3) is 3.44. The first kappa shape index (κ1) is 14.7. The minimum Gasteiger partial charge on any atom is -0.380 e. The fraction of sp³-hybridized carbons (Fsp3) is 0.571. The molecule has 2 rings (SSSR count). The van der Waals surface area contributed by atoms with Crippen molar-refractivity contribution in [2.24, 2.45) is 0 Å². The SMILES string of the molecule is COCc1c(Cl)cc(CC2CCCCN2)c(F)c1F. The smallest absolute Gasteiger partial charge is 0.166 e. The molecular weight excluding hydrogens is 272 g/mol. The summed E-state index contributed by atoms with van der Waals surface area (Å²) in [4.78, 5) is 0. The summed E-state index contributed by atoms with van der Waals surface area (Å²) < 4.78 is 32.7. The summed E-state index contributed by atoms with van der Waals surface area (Å²) in [5, 5.41) is 3.54. The van der Waals surface area contributed by atoms with Gasteiger partial charge in [0.1, 0.15) is 0 Å². The predicted molar refractivity (Wildman–Crippen MR) is 71.4 cm³/mol. The van der Waals surface area contributed by atoms with Crippen molar-refractivity contribution in [2.75, 3.05) is 13.7 Å². The van der Waals surface area contributed by atoms with Gasteiger partial charge in [-0.05, 0) is 37.4 Å². The molecule has 0 aliphatic carbocycles. The fourth-order valence-electron chi connectivity index (χ4n) is 2.47. The van der Waals surface area contributed by atoms with E-state index in [1.807, 2.05) is 0 Å². The van der Waals surface area contributed by atoms with E-state index in [0.29, 0.717) is 12.0 Å². The van der Waals surface area contributed by atoms with E-state index in [0.717, 1.165) is 25.8 Å². The Hall–Kier alpha value is -0.710. The van der Waals surface area contributed by atoms with Crippen LogP contribution in [0.1, 0.15) is 30.4 Å². The van der Waals surface area contributed by atoms with Crippen LogP contribution < -0.4 is 5.32 Å². The van der Waals surface area contributed by atoms with Crippen molar-refractivity contribution >= 4 is 11.6 Å². The van der Waals surface area contributed by atoms with Crippen LogP contribution in [0.4, 0.5) is 8.78 Å². The second-order valence-corrected chi connectivity index (χ2v) is 5.32. The van der Waals surface area contributed by atoms with Gasteiger partial charge in [-0.15, -0.1) is 0 Å². The van der Waals surface area contributed by atoms with Crippen molar-refractivity contribution in [3.05, 3.63) is 33.9 Å². The number of benzene rings is 1. The predicted octanol–water partition coefficient (Wildman–Crippen LogP) is 3.45. The average molecular weight is 290 g/mol. The summed E-state index contributed by atoms with van der Waals surface area (Å²) in [6.45, 7) is 0.911. The molecule has 1 saturated heterocycles. The molecule has 1 fully saturated rings. The van der Waals surface area contributed by atoms with Crippen LogP contribution in [0.15, 0.2) is 6.07 Å². The van der Waals surface area contributed by atoms with E-state index < -0.39 is 11.6 Å². The van der Waals surface area contributed by atoms with Crippen molar-refractivity contribution < 1.29 is 13.5 Å². The van der Waals surface area contributed by atoms with E-state index in [4.69, 9.17) is 16.3 Å². The Morgan fingerprint density at radius 3 is 2.79 bits per heavy atom. The maximum absolute atomic E-state index is 14.0. The summed E-state index contributed by atoms with van der Waals surface area (Å²) in [7, 11) is 1.42. The minimum absolute atomic E-state index is 0.0243. The zero-order valence-electron chi connectivity index (χ0n) is 10.9. The maximum Gasteiger partial charge on any atom is 0.166 e. The van der Waals surface area contributed by atoms with Crippen molar-refractivity contribution in [3.63, 3.8) is 0 Å². The molecule has 0 bridgehead atoms. The van der Waals surface area contributed by atoms with E-state index in [-0.39, 0.29) is 23.2 Å². The van der Waals surface area contributed by atoms with Crippen LogP contribution in [0, 0.1) is 11.6 Å². The summed E-state index contributed by atoms with van der Waals surface area (Å²) >= 11 is 6.00. The topological polar surface area (TPSA) is 21.3 Å². The number of methoxy groups -OCH3 is 1. The zero-order valence-corrected chi connectivity index (χ0v) is 11.7. The van der Waals surface area contributed by atoms with Gasteiger partial charge in [0.2, 0.25) is 0 Å². The first-order valence-corrected chi connectivity index (χ1v) is 6.89. The van der Waals surface area contributed by atoms with Gasteiger partial charge in [-0.1, -0.05) is 18.0 Å². The second kappa shape index (κ2) is 6.64. The number of nitrogens with one attached hydrogen (secondary N) is 1. The van der Waals surface area contributed by atoms with Gasteiger partial charge in [0.25, 0.3) is 0 Å². The molecule has 0 saturated carbocycles. The largest absolute Gasteiger partial charge is 0.380 e. The Morgan fingerprint density at radius 2 is 2.16 bits per heavy atom. The molecule has 0 aromatic heterocycles. The molecule has 5 heteroatoms. The molecule has 0 spiro atoms. The van der Waals surface area contributed by atoms with Crippen molar-refractivity contribution in [2.45, 2.75) is 38.3 Å². The second-order valence-electron chi connectivity index (χ2n) is 4.91.